The molecule has 0 aliphatic heterocycles. The fourth-order valence-corrected chi connectivity index (χ4v) is 8.05. The molecule has 8 aromatic carbocycles. The van der Waals surface area contributed by atoms with E-state index in [1.54, 1.807) is 0 Å². The van der Waals surface area contributed by atoms with E-state index in [4.69, 9.17) is 0 Å². The van der Waals surface area contributed by atoms with E-state index in [1.165, 1.54) is 64.7 Å². The molecular weight excluding hydrogens is 623 g/mol. The molecule has 0 bridgehead atoms. The summed E-state index contributed by atoms with van der Waals surface area (Å²) in [6.07, 6.45) is 0. The molecule has 0 atom stereocenters. The molecule has 1 heterocycles. The molecule has 0 spiro atoms. The molecule has 9 aromatic rings. The van der Waals surface area contributed by atoms with Crippen molar-refractivity contribution in [1.29, 1.82) is 0 Å². The lowest BCUT2D eigenvalue weighted by atomic mass is 10.00. The number of thiophene rings is 1. The molecule has 0 fully saturated rings. The van der Waals surface area contributed by atoms with Gasteiger partial charge in [0.1, 0.15) is 0 Å². The molecule has 0 unspecified atom stereocenters. The summed E-state index contributed by atoms with van der Waals surface area (Å²) in [5.41, 5.74) is 11.9. The molecule has 0 saturated carbocycles. The molecule has 0 N–H and O–H groups in total. The number of hydrogen-bond donors (Lipinski definition) is 0. The van der Waals surface area contributed by atoms with Crippen molar-refractivity contribution >= 4 is 49.3 Å². The van der Waals surface area contributed by atoms with E-state index in [9.17, 15) is 0 Å². The quantitative estimate of drug-likeness (QED) is 0.165. The average molecular weight is 656 g/mol. The van der Waals surface area contributed by atoms with Crippen molar-refractivity contribution < 1.29 is 0 Å². The molecule has 0 amide bonds. The molecule has 0 aliphatic rings. The number of hydrogen-bond acceptors (Lipinski definition) is 2. The summed E-state index contributed by atoms with van der Waals surface area (Å²) in [6, 6.07) is 72.2. The summed E-state index contributed by atoms with van der Waals surface area (Å²) in [6.45, 7) is 0. The van der Waals surface area contributed by atoms with E-state index in [2.05, 4.69) is 205 Å². The molecule has 0 saturated heterocycles. The van der Waals surface area contributed by atoms with Crippen LogP contribution in [0.1, 0.15) is 0 Å². The van der Waals surface area contributed by atoms with Gasteiger partial charge in [0.25, 0.3) is 0 Å². The summed E-state index contributed by atoms with van der Waals surface area (Å²) in [5.74, 6) is 0. The van der Waals surface area contributed by atoms with Gasteiger partial charge >= 0.3 is 0 Å². The lowest BCUT2D eigenvalue weighted by molar-refractivity contribution is 1.28. The van der Waals surface area contributed by atoms with Crippen LogP contribution in [-0.4, -0.2) is 0 Å². The zero-order valence-electron chi connectivity index (χ0n) is 27.4. The fourth-order valence-electron chi connectivity index (χ4n) is 6.85. The average Bonchev–Trinajstić information content (AvgIpc) is 3.65. The summed E-state index contributed by atoms with van der Waals surface area (Å²) in [5, 5.41) is 3.90. The number of benzene rings is 8. The smallest absolute Gasteiger partial charge is 0.0462 e. The maximum atomic E-state index is 2.35. The molecule has 0 radical (unpaired) electrons. The summed E-state index contributed by atoms with van der Waals surface area (Å²) in [4.78, 5) is 3.63. The highest BCUT2D eigenvalue weighted by molar-refractivity contribution is 7.23. The van der Waals surface area contributed by atoms with Crippen LogP contribution in [0.5, 0.6) is 0 Å². The van der Waals surface area contributed by atoms with E-state index in [-0.39, 0.29) is 0 Å². The predicted molar refractivity (Wildman–Crippen MR) is 216 cm³/mol. The van der Waals surface area contributed by atoms with Crippen LogP contribution in [0.15, 0.2) is 200 Å². The number of anilines is 3. The lowest BCUT2D eigenvalue weighted by Crippen LogP contribution is -2.09. The Labute approximate surface area is 297 Å². The lowest BCUT2D eigenvalue weighted by Gasteiger charge is -2.26. The highest BCUT2D eigenvalue weighted by atomic mass is 32.1. The van der Waals surface area contributed by atoms with Crippen molar-refractivity contribution in [2.75, 3.05) is 4.90 Å². The van der Waals surface area contributed by atoms with Gasteiger partial charge in [0, 0.05) is 26.6 Å². The van der Waals surface area contributed by atoms with E-state index < -0.39 is 0 Å². The van der Waals surface area contributed by atoms with Crippen LogP contribution in [-0.2, 0) is 0 Å². The fraction of sp³-hybridized carbons (Fsp3) is 0. The monoisotopic (exact) mass is 655 g/mol. The summed E-state index contributed by atoms with van der Waals surface area (Å²) < 4.78 is 1.34. The minimum absolute atomic E-state index is 1.11. The third kappa shape index (κ3) is 5.77. The highest BCUT2D eigenvalue weighted by Crippen LogP contribution is 2.41. The maximum absolute atomic E-state index is 2.35. The van der Waals surface area contributed by atoms with Crippen molar-refractivity contribution in [3.8, 4) is 43.8 Å². The first-order valence-electron chi connectivity index (χ1n) is 17.0. The Morgan fingerprint density at radius 3 is 1.18 bits per heavy atom. The first kappa shape index (κ1) is 29.9. The van der Waals surface area contributed by atoms with Gasteiger partial charge in [-0.1, -0.05) is 158 Å². The molecule has 9 rings (SSSR count). The minimum atomic E-state index is 1.11. The Kier molecular flexibility index (Phi) is 7.77. The van der Waals surface area contributed by atoms with Gasteiger partial charge in [0.2, 0.25) is 0 Å². The largest absolute Gasteiger partial charge is 0.311 e. The van der Waals surface area contributed by atoms with Crippen LogP contribution in [0.25, 0.3) is 64.7 Å². The Bertz CT molecular complexity index is 2530. The normalized spacial score (nSPS) is 11.2. The van der Waals surface area contributed by atoms with Gasteiger partial charge in [-0.3, -0.25) is 0 Å². The van der Waals surface area contributed by atoms with Crippen LogP contribution in [0.4, 0.5) is 17.1 Å². The van der Waals surface area contributed by atoms with E-state index in [0.717, 1.165) is 17.1 Å². The zero-order chi connectivity index (χ0) is 33.3. The van der Waals surface area contributed by atoms with Crippen molar-refractivity contribution in [3.05, 3.63) is 200 Å². The molecule has 0 aliphatic carbocycles. The van der Waals surface area contributed by atoms with Gasteiger partial charge in [0.15, 0.2) is 0 Å². The zero-order valence-corrected chi connectivity index (χ0v) is 28.2. The number of fused-ring (bicyclic) bond motifs is 3. The van der Waals surface area contributed by atoms with Crippen LogP contribution in [0.3, 0.4) is 0 Å². The van der Waals surface area contributed by atoms with E-state index >= 15 is 0 Å². The Hall–Kier alpha value is -6.22. The van der Waals surface area contributed by atoms with Crippen molar-refractivity contribution in [3.63, 3.8) is 0 Å². The third-order valence-electron chi connectivity index (χ3n) is 9.50. The second-order valence-electron chi connectivity index (χ2n) is 12.6. The Morgan fingerprint density at radius 1 is 0.300 bits per heavy atom. The van der Waals surface area contributed by atoms with E-state index in [1.807, 2.05) is 11.3 Å². The first-order chi connectivity index (χ1) is 24.8. The maximum Gasteiger partial charge on any atom is 0.0462 e. The number of nitrogens with zero attached hydrogens (tertiary/aromatic N) is 1. The van der Waals surface area contributed by atoms with Gasteiger partial charge in [-0.25, -0.2) is 0 Å². The molecule has 1 aromatic heterocycles. The topological polar surface area (TPSA) is 3.24 Å². The Morgan fingerprint density at radius 2 is 0.680 bits per heavy atom. The number of rotatable bonds is 7. The van der Waals surface area contributed by atoms with Crippen molar-refractivity contribution in [2.45, 2.75) is 0 Å². The summed E-state index contributed by atoms with van der Waals surface area (Å²) in [7, 11) is 0. The van der Waals surface area contributed by atoms with Crippen LogP contribution < -0.4 is 4.90 Å². The first-order valence-corrected chi connectivity index (χ1v) is 17.8. The molecule has 50 heavy (non-hydrogen) atoms. The van der Waals surface area contributed by atoms with Crippen molar-refractivity contribution in [1.82, 2.24) is 0 Å². The van der Waals surface area contributed by atoms with Gasteiger partial charge in [-0.05, 0) is 97.6 Å². The molecular formula is C48H33NS. The van der Waals surface area contributed by atoms with Gasteiger partial charge < -0.3 is 4.90 Å². The van der Waals surface area contributed by atoms with Crippen LogP contribution in [0, 0.1) is 0 Å². The predicted octanol–water partition coefficient (Wildman–Crippen LogP) is 14.2. The van der Waals surface area contributed by atoms with E-state index in [0.29, 0.717) is 0 Å². The molecule has 2 heteroatoms. The van der Waals surface area contributed by atoms with Gasteiger partial charge in [-0.2, -0.15) is 0 Å². The third-order valence-corrected chi connectivity index (χ3v) is 10.7. The highest BCUT2D eigenvalue weighted by Gasteiger charge is 2.15. The molecule has 1 nitrogen and oxygen atoms in total. The SMILES string of the molecule is c1ccc(-c2ccc(-c3ccc(N(c4ccc(-c5ccccc5)cc4)c4ccc(-c5cc6ccc7ccccc7c6s5)cc4)cc3)cc2)cc1. The Balaban J connectivity index is 1.06. The van der Waals surface area contributed by atoms with Gasteiger partial charge in [0.05, 0.1) is 0 Å². The standard InChI is InChI=1S/C48H33NS/c1-3-9-34(10-4-1)36-15-17-37(18-16-36)39-23-29-44(30-24-39)49(43-27-21-38(22-28-43)35-11-5-2-6-12-35)45-31-25-41(26-32-45)47-33-42-20-19-40-13-7-8-14-46(40)48(42)50-47/h1-33H. The van der Waals surface area contributed by atoms with Crippen LogP contribution in [0.2, 0.25) is 0 Å². The second-order valence-corrected chi connectivity index (χ2v) is 13.7. The minimum Gasteiger partial charge on any atom is -0.311 e. The van der Waals surface area contributed by atoms with Gasteiger partial charge in [-0.15, -0.1) is 11.3 Å². The van der Waals surface area contributed by atoms with Crippen molar-refractivity contribution in [2.24, 2.45) is 0 Å². The second kappa shape index (κ2) is 13.0. The summed E-state index contributed by atoms with van der Waals surface area (Å²) >= 11 is 1.87. The van der Waals surface area contributed by atoms with Crippen LogP contribution >= 0.6 is 11.3 Å². The molecule has 236 valence electrons.